The summed E-state index contributed by atoms with van der Waals surface area (Å²) in [7, 11) is 0. The number of aromatic nitrogens is 3. The van der Waals surface area contributed by atoms with Crippen molar-refractivity contribution < 1.29 is 4.79 Å². The van der Waals surface area contributed by atoms with Gasteiger partial charge in [-0.3, -0.25) is 9.69 Å². The summed E-state index contributed by atoms with van der Waals surface area (Å²) in [6.45, 7) is 7.39. The SMILES string of the molecule is CCC(C)n1ncn(-c2ccc(N3CCN(C(C(=O)NCCC#N)c4ccccc4)CC3)cc2)c1=O. The highest BCUT2D eigenvalue weighted by Gasteiger charge is 2.30. The first-order valence-electron chi connectivity index (χ1n) is 12.5. The number of hydrogen-bond acceptors (Lipinski definition) is 6. The molecule has 1 saturated heterocycles. The molecule has 2 unspecified atom stereocenters. The van der Waals surface area contributed by atoms with Crippen molar-refractivity contribution in [3.05, 3.63) is 77.0 Å². The standard InChI is InChI=1S/C27H33N7O2/c1-3-21(2)34-27(36)33(20-30-34)24-12-10-23(11-13-24)31-16-18-32(19-17-31)25(22-8-5-4-6-9-22)26(35)29-15-7-14-28/h4-6,8-13,20-21,25H,3,7,15-19H2,1-2H3,(H,29,35). The van der Waals surface area contributed by atoms with E-state index in [0.717, 1.165) is 49.5 Å². The van der Waals surface area contributed by atoms with Crippen molar-refractivity contribution >= 4 is 11.6 Å². The Balaban J connectivity index is 1.43. The van der Waals surface area contributed by atoms with E-state index in [9.17, 15) is 9.59 Å². The quantitative estimate of drug-likeness (QED) is 0.466. The van der Waals surface area contributed by atoms with Gasteiger partial charge in [-0.05, 0) is 43.2 Å². The third-order valence-corrected chi connectivity index (χ3v) is 6.77. The molecule has 4 rings (SSSR count). The van der Waals surface area contributed by atoms with Crippen molar-refractivity contribution in [2.75, 3.05) is 37.6 Å². The lowest BCUT2D eigenvalue weighted by molar-refractivity contribution is -0.126. The van der Waals surface area contributed by atoms with Gasteiger partial charge in [-0.1, -0.05) is 37.3 Å². The molecule has 9 heteroatoms. The van der Waals surface area contributed by atoms with Gasteiger partial charge in [-0.2, -0.15) is 10.4 Å². The summed E-state index contributed by atoms with van der Waals surface area (Å²) in [6, 6.07) is 19.5. The van der Waals surface area contributed by atoms with E-state index in [4.69, 9.17) is 5.26 Å². The lowest BCUT2D eigenvalue weighted by Crippen LogP contribution is -2.51. The van der Waals surface area contributed by atoms with Gasteiger partial charge >= 0.3 is 5.69 Å². The third kappa shape index (κ3) is 5.50. The lowest BCUT2D eigenvalue weighted by atomic mass is 10.0. The van der Waals surface area contributed by atoms with E-state index in [-0.39, 0.29) is 23.7 Å². The molecule has 9 nitrogen and oxygen atoms in total. The first kappa shape index (κ1) is 25.2. The van der Waals surface area contributed by atoms with Crippen molar-refractivity contribution in [3.63, 3.8) is 0 Å². The van der Waals surface area contributed by atoms with E-state index in [1.807, 2.05) is 68.4 Å². The van der Waals surface area contributed by atoms with Gasteiger partial charge in [0.1, 0.15) is 12.4 Å². The second kappa shape index (κ2) is 11.7. The van der Waals surface area contributed by atoms with Crippen molar-refractivity contribution in [1.82, 2.24) is 24.6 Å². The summed E-state index contributed by atoms with van der Waals surface area (Å²) in [5, 5.41) is 16.0. The molecule has 1 aliphatic heterocycles. The zero-order valence-corrected chi connectivity index (χ0v) is 20.9. The molecule has 0 spiro atoms. The molecule has 1 aromatic heterocycles. The highest BCUT2D eigenvalue weighted by Crippen LogP contribution is 2.25. The normalized spacial score (nSPS) is 15.8. The molecule has 1 N–H and O–H groups in total. The van der Waals surface area contributed by atoms with Gasteiger partial charge in [0.15, 0.2) is 0 Å². The van der Waals surface area contributed by atoms with E-state index >= 15 is 0 Å². The molecule has 2 aromatic carbocycles. The number of rotatable bonds is 9. The van der Waals surface area contributed by atoms with E-state index in [0.29, 0.717) is 13.0 Å². The smallest absolute Gasteiger partial charge is 0.350 e. The molecule has 1 aliphatic rings. The molecular formula is C27H33N7O2. The Morgan fingerprint density at radius 3 is 2.36 bits per heavy atom. The van der Waals surface area contributed by atoms with E-state index in [1.165, 1.54) is 4.68 Å². The van der Waals surface area contributed by atoms with Crippen molar-refractivity contribution in [2.24, 2.45) is 0 Å². The summed E-state index contributed by atoms with van der Waals surface area (Å²) in [5.74, 6) is -0.0716. The van der Waals surface area contributed by atoms with Gasteiger partial charge in [0.25, 0.3) is 0 Å². The van der Waals surface area contributed by atoms with Crippen LogP contribution in [0.3, 0.4) is 0 Å². The molecule has 36 heavy (non-hydrogen) atoms. The summed E-state index contributed by atoms with van der Waals surface area (Å²) in [4.78, 5) is 30.2. The summed E-state index contributed by atoms with van der Waals surface area (Å²) >= 11 is 0. The summed E-state index contributed by atoms with van der Waals surface area (Å²) < 4.78 is 3.09. The number of carbonyl (C=O) groups is 1. The largest absolute Gasteiger partial charge is 0.369 e. The predicted octanol–water partition coefficient (Wildman–Crippen LogP) is 2.90. The molecular weight excluding hydrogens is 454 g/mol. The molecule has 0 saturated carbocycles. The molecule has 3 aromatic rings. The van der Waals surface area contributed by atoms with E-state index < -0.39 is 0 Å². The zero-order chi connectivity index (χ0) is 25.5. The molecule has 2 atom stereocenters. The minimum absolute atomic E-state index is 0.0578. The van der Waals surface area contributed by atoms with Crippen LogP contribution in [0.5, 0.6) is 0 Å². The van der Waals surface area contributed by atoms with Gasteiger partial charge in [0.2, 0.25) is 5.91 Å². The van der Waals surface area contributed by atoms with Gasteiger partial charge < -0.3 is 10.2 Å². The summed E-state index contributed by atoms with van der Waals surface area (Å²) in [5.41, 5.74) is 2.68. The maximum atomic E-state index is 13.0. The van der Waals surface area contributed by atoms with Gasteiger partial charge in [0.05, 0.1) is 24.2 Å². The Kier molecular flexibility index (Phi) is 8.18. The number of benzene rings is 2. The van der Waals surface area contributed by atoms with Gasteiger partial charge in [-0.15, -0.1) is 0 Å². The second-order valence-electron chi connectivity index (χ2n) is 9.04. The number of carbonyl (C=O) groups excluding carboxylic acids is 1. The fourth-order valence-electron chi connectivity index (χ4n) is 4.53. The van der Waals surface area contributed by atoms with Crippen LogP contribution in [-0.2, 0) is 4.79 Å². The molecule has 0 radical (unpaired) electrons. The average Bonchev–Trinajstić information content (AvgIpc) is 3.31. The summed E-state index contributed by atoms with van der Waals surface area (Å²) in [6.07, 6.45) is 2.71. The Morgan fingerprint density at radius 1 is 1.06 bits per heavy atom. The van der Waals surface area contributed by atoms with Crippen LogP contribution >= 0.6 is 0 Å². The van der Waals surface area contributed by atoms with Crippen LogP contribution in [0.25, 0.3) is 5.69 Å². The minimum Gasteiger partial charge on any atom is -0.369 e. The third-order valence-electron chi connectivity index (χ3n) is 6.77. The number of hydrogen-bond donors (Lipinski definition) is 1. The van der Waals surface area contributed by atoms with Crippen LogP contribution in [0, 0.1) is 11.3 Å². The first-order chi connectivity index (χ1) is 17.5. The fourth-order valence-corrected chi connectivity index (χ4v) is 4.53. The minimum atomic E-state index is -0.386. The molecule has 188 valence electrons. The molecule has 0 bridgehead atoms. The van der Waals surface area contributed by atoms with Crippen molar-refractivity contribution in [2.45, 2.75) is 38.8 Å². The van der Waals surface area contributed by atoms with E-state index in [1.54, 1.807) is 10.9 Å². The first-order valence-corrected chi connectivity index (χ1v) is 12.5. The number of anilines is 1. The molecule has 1 amide bonds. The van der Waals surface area contributed by atoms with Crippen LogP contribution in [-0.4, -0.2) is 57.9 Å². The average molecular weight is 488 g/mol. The number of nitrogens with zero attached hydrogens (tertiary/aromatic N) is 6. The second-order valence-corrected chi connectivity index (χ2v) is 9.04. The predicted molar refractivity (Wildman–Crippen MR) is 139 cm³/mol. The lowest BCUT2D eigenvalue weighted by Gasteiger charge is -2.39. The van der Waals surface area contributed by atoms with Crippen molar-refractivity contribution in [3.8, 4) is 11.8 Å². The van der Waals surface area contributed by atoms with Crippen LogP contribution in [0.4, 0.5) is 5.69 Å². The highest BCUT2D eigenvalue weighted by molar-refractivity contribution is 5.83. The molecule has 1 fully saturated rings. The Hall–Kier alpha value is -3.90. The Morgan fingerprint density at radius 2 is 1.72 bits per heavy atom. The fraction of sp³-hybridized carbons (Fsp3) is 0.407. The van der Waals surface area contributed by atoms with Crippen LogP contribution in [0.15, 0.2) is 65.7 Å². The van der Waals surface area contributed by atoms with E-state index in [2.05, 4.69) is 26.3 Å². The monoisotopic (exact) mass is 487 g/mol. The number of nitrogens with one attached hydrogen (secondary N) is 1. The van der Waals surface area contributed by atoms with Crippen LogP contribution in [0.2, 0.25) is 0 Å². The maximum Gasteiger partial charge on any atom is 0.350 e. The number of piperazine rings is 1. The van der Waals surface area contributed by atoms with Gasteiger partial charge in [-0.25, -0.2) is 14.0 Å². The highest BCUT2D eigenvalue weighted by atomic mass is 16.2. The number of amides is 1. The molecule has 2 heterocycles. The van der Waals surface area contributed by atoms with Gasteiger partial charge in [0, 0.05) is 38.4 Å². The topological polar surface area (TPSA) is 99.2 Å². The Bertz CT molecular complexity index is 1240. The molecule has 0 aliphatic carbocycles. The number of nitriles is 1. The zero-order valence-electron chi connectivity index (χ0n) is 20.9. The van der Waals surface area contributed by atoms with Crippen LogP contribution < -0.4 is 15.9 Å². The Labute approximate surface area is 211 Å². The maximum absolute atomic E-state index is 13.0. The van der Waals surface area contributed by atoms with Crippen molar-refractivity contribution in [1.29, 1.82) is 5.26 Å². The van der Waals surface area contributed by atoms with Crippen LogP contribution in [0.1, 0.15) is 44.3 Å².